The van der Waals surface area contributed by atoms with Crippen molar-refractivity contribution < 1.29 is 18.3 Å². The van der Waals surface area contributed by atoms with E-state index in [0.29, 0.717) is 19.1 Å². The number of hydrogen-bond donors (Lipinski definition) is 1. The third kappa shape index (κ3) is 6.77. The van der Waals surface area contributed by atoms with Crippen molar-refractivity contribution >= 4 is 35.9 Å². The number of carbonyl (C=O) groups excluding carboxylic acids is 1. The maximum Gasteiger partial charge on any atom is 0.310 e. The Morgan fingerprint density at radius 1 is 1.38 bits per heavy atom. The van der Waals surface area contributed by atoms with Gasteiger partial charge >= 0.3 is 5.97 Å². The van der Waals surface area contributed by atoms with Gasteiger partial charge in [0, 0.05) is 32.2 Å². The number of nitrogens with zero attached hydrogens (tertiary/aromatic N) is 3. The monoisotopic (exact) mass is 524 g/mol. The fourth-order valence-corrected chi connectivity index (χ4v) is 3.51. The van der Waals surface area contributed by atoms with Crippen molar-refractivity contribution in [2.24, 2.45) is 10.9 Å². The number of rotatable bonds is 6. The van der Waals surface area contributed by atoms with E-state index in [4.69, 9.17) is 4.74 Å². The molecule has 2 unspecified atom stereocenters. The highest BCUT2D eigenvalue weighted by atomic mass is 127. The van der Waals surface area contributed by atoms with Gasteiger partial charge in [-0.3, -0.25) is 9.79 Å². The van der Waals surface area contributed by atoms with Gasteiger partial charge in [-0.05, 0) is 46.0 Å². The Labute approximate surface area is 188 Å². The Kier molecular flexibility index (Phi) is 10.8. The lowest BCUT2D eigenvalue weighted by molar-refractivity contribution is -0.149. The molecule has 1 N–H and O–H groups in total. The lowest BCUT2D eigenvalue weighted by atomic mass is 9.98. The Morgan fingerprint density at radius 2 is 2.03 bits per heavy atom. The van der Waals surface area contributed by atoms with Crippen molar-refractivity contribution in [2.75, 3.05) is 47.4 Å². The van der Waals surface area contributed by atoms with Crippen LogP contribution in [0.15, 0.2) is 23.2 Å². The van der Waals surface area contributed by atoms with E-state index >= 15 is 0 Å². The van der Waals surface area contributed by atoms with E-state index in [-0.39, 0.29) is 48.0 Å². The predicted octanol–water partition coefficient (Wildman–Crippen LogP) is 3.04. The Hall–Kier alpha value is -1.49. The fraction of sp³-hybridized carbons (Fsp3) is 0.600. The van der Waals surface area contributed by atoms with Crippen molar-refractivity contribution in [1.82, 2.24) is 15.1 Å². The zero-order valence-corrected chi connectivity index (χ0v) is 19.8. The van der Waals surface area contributed by atoms with Crippen LogP contribution in [-0.2, 0) is 9.53 Å². The SMILES string of the molecule is CCOC(=O)C1CCCN(C(=NC)NCC(c2c(F)cccc2F)N(C)C)C1.I. The highest BCUT2D eigenvalue weighted by Gasteiger charge is 2.29. The molecule has 6 nitrogen and oxygen atoms in total. The van der Waals surface area contributed by atoms with Gasteiger partial charge in [0.2, 0.25) is 0 Å². The van der Waals surface area contributed by atoms with Gasteiger partial charge in [0.1, 0.15) is 11.6 Å². The van der Waals surface area contributed by atoms with Crippen LogP contribution in [0, 0.1) is 17.6 Å². The number of aliphatic imine (C=N–C) groups is 1. The number of likely N-dealkylation sites (tertiary alicyclic amines) is 1. The molecule has 0 saturated carbocycles. The van der Waals surface area contributed by atoms with Gasteiger partial charge in [-0.1, -0.05) is 6.07 Å². The highest BCUT2D eigenvalue weighted by molar-refractivity contribution is 14.0. The summed E-state index contributed by atoms with van der Waals surface area (Å²) in [5.41, 5.74) is 0.0264. The predicted molar refractivity (Wildman–Crippen MR) is 120 cm³/mol. The summed E-state index contributed by atoms with van der Waals surface area (Å²) < 4.78 is 33.6. The van der Waals surface area contributed by atoms with Gasteiger partial charge in [0.25, 0.3) is 0 Å². The number of hydrogen-bond acceptors (Lipinski definition) is 4. The third-order valence-corrected chi connectivity index (χ3v) is 4.96. The Balaban J connectivity index is 0.00000420. The average Bonchev–Trinajstić information content (AvgIpc) is 2.67. The minimum atomic E-state index is -0.573. The average molecular weight is 524 g/mol. The normalized spacial score (nSPS) is 18.2. The summed E-state index contributed by atoms with van der Waals surface area (Å²) >= 11 is 0. The van der Waals surface area contributed by atoms with E-state index in [0.717, 1.165) is 19.4 Å². The van der Waals surface area contributed by atoms with Crippen LogP contribution in [0.4, 0.5) is 8.78 Å². The standard InChI is InChI=1S/C20H30F2N4O2.HI/c1-5-28-19(27)14-8-7-11-26(13-14)20(23-2)24-12-17(25(3)4)18-15(21)9-6-10-16(18)22;/h6,9-10,14,17H,5,7-8,11-13H2,1-4H3,(H,23,24);1H. The molecule has 1 aromatic carbocycles. The van der Waals surface area contributed by atoms with Crippen LogP contribution in [0.25, 0.3) is 0 Å². The van der Waals surface area contributed by atoms with Gasteiger partial charge in [-0.25, -0.2) is 8.78 Å². The molecule has 1 saturated heterocycles. The molecule has 1 aliphatic heterocycles. The maximum atomic E-state index is 14.2. The van der Waals surface area contributed by atoms with Gasteiger partial charge in [0.15, 0.2) is 5.96 Å². The molecular formula is C20H31F2IN4O2. The second kappa shape index (κ2) is 12.3. The van der Waals surface area contributed by atoms with Crippen LogP contribution in [0.3, 0.4) is 0 Å². The third-order valence-electron chi connectivity index (χ3n) is 4.96. The number of ether oxygens (including phenoxy) is 1. The Morgan fingerprint density at radius 3 is 2.59 bits per heavy atom. The molecule has 164 valence electrons. The van der Waals surface area contributed by atoms with E-state index < -0.39 is 17.7 Å². The largest absolute Gasteiger partial charge is 0.466 e. The number of esters is 1. The number of nitrogens with one attached hydrogen (secondary N) is 1. The zero-order valence-electron chi connectivity index (χ0n) is 17.5. The number of halogens is 3. The molecule has 0 radical (unpaired) electrons. The molecule has 9 heteroatoms. The topological polar surface area (TPSA) is 57.2 Å². The lowest BCUT2D eigenvalue weighted by Gasteiger charge is -2.35. The van der Waals surface area contributed by atoms with Crippen LogP contribution in [0.1, 0.15) is 31.4 Å². The van der Waals surface area contributed by atoms with Crippen LogP contribution >= 0.6 is 24.0 Å². The maximum absolute atomic E-state index is 14.2. The fourth-order valence-electron chi connectivity index (χ4n) is 3.51. The van der Waals surface area contributed by atoms with Crippen LogP contribution in [-0.4, -0.2) is 69.1 Å². The number of carbonyl (C=O) groups is 1. The second-order valence-electron chi connectivity index (χ2n) is 7.08. The quantitative estimate of drug-likeness (QED) is 0.269. The smallest absolute Gasteiger partial charge is 0.310 e. The van der Waals surface area contributed by atoms with Crippen molar-refractivity contribution in [1.29, 1.82) is 0 Å². The van der Waals surface area contributed by atoms with Crippen molar-refractivity contribution in [3.05, 3.63) is 35.4 Å². The van der Waals surface area contributed by atoms with Crippen molar-refractivity contribution in [2.45, 2.75) is 25.8 Å². The summed E-state index contributed by atoms with van der Waals surface area (Å²) in [4.78, 5) is 20.1. The lowest BCUT2D eigenvalue weighted by Crippen LogP contribution is -2.49. The molecule has 0 bridgehead atoms. The van der Waals surface area contributed by atoms with Gasteiger partial charge in [-0.15, -0.1) is 24.0 Å². The molecule has 2 rings (SSSR count). The minimum Gasteiger partial charge on any atom is -0.466 e. The summed E-state index contributed by atoms with van der Waals surface area (Å²) in [6.07, 6.45) is 1.64. The first-order valence-electron chi connectivity index (χ1n) is 9.61. The minimum absolute atomic E-state index is 0. The van der Waals surface area contributed by atoms with Crippen LogP contribution in [0.5, 0.6) is 0 Å². The molecule has 29 heavy (non-hydrogen) atoms. The molecule has 1 heterocycles. The van der Waals surface area contributed by atoms with Gasteiger partial charge < -0.3 is 19.9 Å². The van der Waals surface area contributed by atoms with E-state index in [2.05, 4.69) is 10.3 Å². The van der Waals surface area contributed by atoms with Gasteiger partial charge in [0.05, 0.1) is 18.6 Å². The molecule has 1 fully saturated rings. The first-order chi connectivity index (χ1) is 13.4. The van der Waals surface area contributed by atoms with E-state index in [9.17, 15) is 13.6 Å². The van der Waals surface area contributed by atoms with E-state index in [1.165, 1.54) is 18.2 Å². The molecule has 0 aliphatic carbocycles. The summed E-state index contributed by atoms with van der Waals surface area (Å²) in [6.45, 7) is 3.71. The van der Waals surface area contributed by atoms with Crippen molar-refractivity contribution in [3.63, 3.8) is 0 Å². The molecule has 2 atom stereocenters. The van der Waals surface area contributed by atoms with E-state index in [1.54, 1.807) is 33.0 Å². The first-order valence-corrected chi connectivity index (χ1v) is 9.61. The van der Waals surface area contributed by atoms with Crippen LogP contribution in [0.2, 0.25) is 0 Å². The number of likely N-dealkylation sites (N-methyl/N-ethyl adjacent to an activating group) is 1. The molecule has 1 aliphatic rings. The van der Waals surface area contributed by atoms with E-state index in [1.807, 2.05) is 4.90 Å². The number of piperidine rings is 1. The molecule has 0 spiro atoms. The second-order valence-corrected chi connectivity index (χ2v) is 7.08. The van der Waals surface area contributed by atoms with Crippen LogP contribution < -0.4 is 5.32 Å². The molecule has 0 amide bonds. The summed E-state index contributed by atoms with van der Waals surface area (Å²) in [6, 6.07) is 3.37. The first kappa shape index (κ1) is 25.5. The number of benzene rings is 1. The molecular weight excluding hydrogens is 493 g/mol. The zero-order chi connectivity index (χ0) is 20.7. The highest BCUT2D eigenvalue weighted by Crippen LogP contribution is 2.24. The van der Waals surface area contributed by atoms with Gasteiger partial charge in [-0.2, -0.15) is 0 Å². The molecule has 0 aromatic heterocycles. The summed E-state index contributed by atoms with van der Waals surface area (Å²) in [7, 11) is 5.21. The summed E-state index contributed by atoms with van der Waals surface area (Å²) in [5.74, 6) is -0.924. The number of guanidine groups is 1. The molecule has 1 aromatic rings. The Bertz CT molecular complexity index is 683. The van der Waals surface area contributed by atoms with Crippen molar-refractivity contribution in [3.8, 4) is 0 Å². The summed E-state index contributed by atoms with van der Waals surface area (Å²) in [5, 5.41) is 3.21.